The fourth-order valence-electron chi connectivity index (χ4n) is 3.27. The summed E-state index contributed by atoms with van der Waals surface area (Å²) in [5.74, 6) is 0.573. The van der Waals surface area contributed by atoms with Crippen LogP contribution in [-0.2, 0) is 25.2 Å². The number of hydrogen-bond donors (Lipinski definition) is 0. The van der Waals surface area contributed by atoms with Crippen LogP contribution in [0.4, 0.5) is 13.2 Å². The van der Waals surface area contributed by atoms with Crippen LogP contribution < -0.4 is 0 Å². The van der Waals surface area contributed by atoms with E-state index in [0.29, 0.717) is 5.92 Å². The number of halogens is 3. The van der Waals surface area contributed by atoms with Crippen molar-refractivity contribution in [2.24, 2.45) is 0 Å². The summed E-state index contributed by atoms with van der Waals surface area (Å²) in [6, 6.07) is 36.8. The lowest BCUT2D eigenvalue weighted by atomic mass is 10.0. The summed E-state index contributed by atoms with van der Waals surface area (Å²) in [6.45, 7) is 4.48. The third-order valence-electron chi connectivity index (χ3n) is 4.98. The number of alkyl halides is 3. The van der Waals surface area contributed by atoms with E-state index < -0.39 is 21.4 Å². The topological polar surface area (TPSA) is 43.4 Å². The zero-order chi connectivity index (χ0) is 26.2. The molecule has 0 saturated carbocycles. The average Bonchev–Trinajstić information content (AvgIpc) is 2.85. The zero-order valence-electron chi connectivity index (χ0n) is 19.7. The van der Waals surface area contributed by atoms with Gasteiger partial charge < -0.3 is 0 Å². The molecule has 8 heteroatoms. The van der Waals surface area contributed by atoms with Gasteiger partial charge in [0.2, 0.25) is 0 Å². The Balaban J connectivity index is 0.000000223. The Morgan fingerprint density at radius 3 is 1.42 bits per heavy atom. The van der Waals surface area contributed by atoms with Gasteiger partial charge in [-0.15, -0.1) is 13.2 Å². The SMILES string of the molecule is CC(C)c1ccc([S+](c2ccccc2)c2ccccc2)cc1.O=S(=O)(OC(F)(F)F)c1ccccc1. The molecule has 4 aromatic rings. The maximum absolute atomic E-state index is 11.6. The van der Waals surface area contributed by atoms with Crippen molar-refractivity contribution >= 4 is 21.0 Å². The molecule has 0 aliphatic carbocycles. The van der Waals surface area contributed by atoms with Crippen LogP contribution >= 0.6 is 0 Å². The molecule has 188 valence electrons. The minimum absolute atomic E-state index is 0.0361. The van der Waals surface area contributed by atoms with Crippen LogP contribution in [0.25, 0.3) is 0 Å². The van der Waals surface area contributed by atoms with E-state index in [2.05, 4.69) is 103 Å². The first-order valence-electron chi connectivity index (χ1n) is 11.1. The highest BCUT2D eigenvalue weighted by molar-refractivity contribution is 7.97. The Kier molecular flexibility index (Phi) is 9.37. The molecule has 0 amide bonds. The van der Waals surface area contributed by atoms with Crippen molar-refractivity contribution in [2.75, 3.05) is 0 Å². The first-order chi connectivity index (χ1) is 17.1. The largest absolute Gasteiger partial charge is 0.537 e. The maximum atomic E-state index is 11.6. The number of hydrogen-bond acceptors (Lipinski definition) is 3. The van der Waals surface area contributed by atoms with Crippen LogP contribution in [0.3, 0.4) is 0 Å². The molecule has 0 aliphatic heterocycles. The summed E-state index contributed by atoms with van der Waals surface area (Å²) in [6.07, 6.45) is -5.20. The fourth-order valence-corrected chi connectivity index (χ4v) is 6.19. The van der Waals surface area contributed by atoms with E-state index in [1.54, 1.807) is 0 Å². The van der Waals surface area contributed by atoms with E-state index in [-0.39, 0.29) is 10.9 Å². The van der Waals surface area contributed by atoms with Gasteiger partial charge in [-0.25, -0.2) is 0 Å². The van der Waals surface area contributed by atoms with E-state index in [1.807, 2.05) is 0 Å². The van der Waals surface area contributed by atoms with Gasteiger partial charge in [0.1, 0.15) is 0 Å². The molecule has 4 aromatic carbocycles. The lowest BCUT2D eigenvalue weighted by molar-refractivity contribution is -0.271. The highest BCUT2D eigenvalue weighted by Crippen LogP contribution is 2.31. The monoisotopic (exact) mass is 531 g/mol. The minimum Gasteiger partial charge on any atom is -0.194 e. The molecule has 0 bridgehead atoms. The molecule has 3 nitrogen and oxygen atoms in total. The average molecular weight is 532 g/mol. The molecule has 36 heavy (non-hydrogen) atoms. The Hall–Kier alpha value is -3.07. The van der Waals surface area contributed by atoms with Gasteiger partial charge in [0.15, 0.2) is 14.7 Å². The van der Waals surface area contributed by atoms with E-state index in [1.165, 1.54) is 38.4 Å². The van der Waals surface area contributed by atoms with E-state index in [4.69, 9.17) is 0 Å². The molecular weight excluding hydrogens is 505 g/mol. The Bertz CT molecular complexity index is 1270. The van der Waals surface area contributed by atoms with Crippen LogP contribution in [0.2, 0.25) is 0 Å². The fraction of sp³-hybridized carbons (Fsp3) is 0.143. The van der Waals surface area contributed by atoms with Crippen LogP contribution in [-0.4, -0.2) is 14.8 Å². The Morgan fingerprint density at radius 2 is 1.03 bits per heavy atom. The number of rotatable bonds is 6. The molecule has 0 heterocycles. The zero-order valence-corrected chi connectivity index (χ0v) is 21.4. The van der Waals surface area contributed by atoms with Crippen molar-refractivity contribution < 1.29 is 25.8 Å². The first-order valence-corrected chi connectivity index (χ1v) is 13.7. The van der Waals surface area contributed by atoms with Crippen LogP contribution in [0.5, 0.6) is 0 Å². The minimum atomic E-state index is -5.20. The van der Waals surface area contributed by atoms with Gasteiger partial charge in [-0.2, -0.15) is 12.6 Å². The van der Waals surface area contributed by atoms with Crippen LogP contribution in [0.1, 0.15) is 25.3 Å². The summed E-state index contributed by atoms with van der Waals surface area (Å²) in [7, 11) is -4.78. The van der Waals surface area contributed by atoms with Gasteiger partial charge in [-0.05, 0) is 60.0 Å². The van der Waals surface area contributed by atoms with Crippen LogP contribution in [0, 0.1) is 0 Å². The van der Waals surface area contributed by atoms with Gasteiger partial charge in [-0.3, -0.25) is 0 Å². The molecular formula is C28H26F3O3S2+. The molecule has 0 radical (unpaired) electrons. The molecule has 0 N–H and O–H groups in total. The van der Waals surface area contributed by atoms with Gasteiger partial charge >= 0.3 is 16.5 Å². The second kappa shape index (κ2) is 12.3. The maximum Gasteiger partial charge on any atom is 0.537 e. The lowest BCUT2D eigenvalue weighted by Gasteiger charge is -2.09. The van der Waals surface area contributed by atoms with E-state index in [9.17, 15) is 21.6 Å². The molecule has 4 rings (SSSR count). The van der Waals surface area contributed by atoms with E-state index in [0.717, 1.165) is 12.1 Å². The molecule has 0 spiro atoms. The van der Waals surface area contributed by atoms with Crippen molar-refractivity contribution in [2.45, 2.75) is 45.7 Å². The second-order valence-corrected chi connectivity index (χ2v) is 11.5. The normalized spacial score (nSPS) is 11.8. The molecule has 0 saturated heterocycles. The summed E-state index contributed by atoms with van der Waals surface area (Å²) in [5, 5.41) is 0. The smallest absolute Gasteiger partial charge is 0.194 e. The molecule has 0 aliphatic rings. The predicted octanol–water partition coefficient (Wildman–Crippen LogP) is 7.82. The third kappa shape index (κ3) is 7.98. The first kappa shape index (κ1) is 27.5. The summed E-state index contributed by atoms with van der Waals surface area (Å²) < 4.78 is 59.7. The molecule has 0 unspecified atom stereocenters. The van der Waals surface area contributed by atoms with Crippen molar-refractivity contribution in [1.82, 2.24) is 0 Å². The quantitative estimate of drug-likeness (QED) is 0.188. The van der Waals surface area contributed by atoms with Gasteiger partial charge in [0.25, 0.3) is 0 Å². The standard InChI is InChI=1S/C21H21S.C7H5F3O3S/c1-17(2)18-13-15-21(16-14-18)22(19-9-5-3-6-10-19)20-11-7-4-8-12-20;8-7(9,10)13-14(11,12)6-4-2-1-3-5-6/h3-17H,1-2H3;1-5H/q+1;. The van der Waals surface area contributed by atoms with Crippen molar-refractivity contribution in [1.29, 1.82) is 0 Å². The predicted molar refractivity (Wildman–Crippen MR) is 136 cm³/mol. The number of benzene rings is 4. The third-order valence-corrected chi connectivity index (χ3v) is 8.46. The second-order valence-electron chi connectivity index (χ2n) is 7.95. The summed E-state index contributed by atoms with van der Waals surface area (Å²) in [5.41, 5.74) is 1.40. The molecule has 0 atom stereocenters. The Morgan fingerprint density at radius 1 is 0.639 bits per heavy atom. The van der Waals surface area contributed by atoms with Crippen LogP contribution in [0.15, 0.2) is 135 Å². The van der Waals surface area contributed by atoms with Crippen molar-refractivity contribution in [3.8, 4) is 0 Å². The van der Waals surface area contributed by atoms with Gasteiger partial charge in [-0.1, -0.05) is 80.6 Å². The molecule has 0 aromatic heterocycles. The highest BCUT2D eigenvalue weighted by Gasteiger charge is 2.37. The van der Waals surface area contributed by atoms with Gasteiger partial charge in [0.05, 0.1) is 15.8 Å². The van der Waals surface area contributed by atoms with Gasteiger partial charge in [0, 0.05) is 0 Å². The summed E-state index contributed by atoms with van der Waals surface area (Å²) >= 11 is 0. The van der Waals surface area contributed by atoms with E-state index >= 15 is 0 Å². The summed E-state index contributed by atoms with van der Waals surface area (Å²) in [4.78, 5) is 3.58. The van der Waals surface area contributed by atoms with Crippen molar-refractivity contribution in [3.63, 3.8) is 0 Å². The van der Waals surface area contributed by atoms with Crippen molar-refractivity contribution in [3.05, 3.63) is 121 Å². The Labute approximate surface area is 213 Å². The lowest BCUT2D eigenvalue weighted by Crippen LogP contribution is -2.19. The highest BCUT2D eigenvalue weighted by atomic mass is 32.2. The molecule has 0 fully saturated rings.